The van der Waals surface area contributed by atoms with Gasteiger partial charge in [0, 0.05) is 6.20 Å². The van der Waals surface area contributed by atoms with E-state index in [1.807, 2.05) is 0 Å². The zero-order chi connectivity index (χ0) is 12.5. The largest absolute Gasteiger partial charge is 0.493 e. The first-order chi connectivity index (χ1) is 7.29. The molecule has 1 heterocycles. The number of nitrogens with two attached hydrogens (primary N) is 1. The van der Waals surface area contributed by atoms with Crippen LogP contribution in [-0.2, 0) is 10.0 Å². The van der Waals surface area contributed by atoms with E-state index in [1.54, 1.807) is 22.6 Å². The Hall–Kier alpha value is -0.550. The maximum atomic E-state index is 12.5. The van der Waals surface area contributed by atoms with Crippen molar-refractivity contribution in [2.75, 3.05) is 7.11 Å². The first kappa shape index (κ1) is 13.5. The van der Waals surface area contributed by atoms with Gasteiger partial charge in [-0.1, -0.05) is 0 Å². The molecule has 5 nitrogen and oxygen atoms in total. The fourth-order valence-electron chi connectivity index (χ4n) is 1.02. The fourth-order valence-corrected chi connectivity index (χ4v) is 3.11. The van der Waals surface area contributed by atoms with E-state index in [2.05, 4.69) is 4.98 Å². The molecule has 1 rings (SSSR count). The third kappa shape index (κ3) is 2.58. The van der Waals surface area contributed by atoms with Crippen molar-refractivity contribution >= 4 is 32.6 Å². The topological polar surface area (TPSA) is 82.3 Å². The number of pyridine rings is 1. The zero-order valence-corrected chi connectivity index (χ0v) is 10.9. The molecule has 0 spiro atoms. The van der Waals surface area contributed by atoms with Gasteiger partial charge in [0.1, 0.15) is 10.6 Å². The Kier molecular flexibility index (Phi) is 4.02. The number of primary sulfonamides is 1. The van der Waals surface area contributed by atoms with E-state index in [1.165, 1.54) is 0 Å². The average Bonchev–Trinajstić information content (AvgIpc) is 2.14. The molecule has 0 aliphatic heterocycles. The molecule has 0 saturated carbocycles. The highest BCUT2D eigenvalue weighted by Crippen LogP contribution is 2.34. The monoisotopic (exact) mass is 364 g/mol. The molecule has 0 bridgehead atoms. The van der Waals surface area contributed by atoms with Crippen molar-refractivity contribution in [1.82, 2.24) is 4.98 Å². The molecule has 90 valence electrons. The number of nitrogens with zero attached hydrogens (tertiary/aromatic N) is 1. The van der Waals surface area contributed by atoms with E-state index < -0.39 is 22.1 Å². The highest BCUT2D eigenvalue weighted by Gasteiger charge is 2.24. The van der Waals surface area contributed by atoms with Crippen molar-refractivity contribution in [3.63, 3.8) is 0 Å². The van der Waals surface area contributed by atoms with Crippen molar-refractivity contribution in [1.29, 1.82) is 0 Å². The molecule has 2 N–H and O–H groups in total. The van der Waals surface area contributed by atoms with Crippen LogP contribution in [0.5, 0.6) is 5.75 Å². The van der Waals surface area contributed by atoms with Crippen LogP contribution in [0.15, 0.2) is 11.1 Å². The number of ether oxygens (including phenoxy) is 1. The van der Waals surface area contributed by atoms with Gasteiger partial charge in [0.15, 0.2) is 5.75 Å². The van der Waals surface area contributed by atoms with E-state index in [9.17, 15) is 17.2 Å². The Morgan fingerprint density at radius 2 is 2.12 bits per heavy atom. The molecule has 0 unspecified atom stereocenters. The zero-order valence-electron chi connectivity index (χ0n) is 7.95. The molecule has 0 saturated heterocycles. The molecule has 0 fully saturated rings. The minimum atomic E-state index is -4.00. The van der Waals surface area contributed by atoms with Crippen LogP contribution in [0.4, 0.5) is 8.78 Å². The van der Waals surface area contributed by atoms with Crippen molar-refractivity contribution in [2.45, 2.75) is 11.3 Å². The van der Waals surface area contributed by atoms with Crippen LogP contribution in [0.25, 0.3) is 0 Å². The number of hydrogen-bond acceptors (Lipinski definition) is 4. The van der Waals surface area contributed by atoms with Crippen molar-refractivity contribution < 1.29 is 21.9 Å². The Morgan fingerprint density at radius 1 is 1.56 bits per heavy atom. The van der Waals surface area contributed by atoms with E-state index in [-0.39, 0.29) is 14.2 Å². The summed E-state index contributed by atoms with van der Waals surface area (Å²) in [6.07, 6.45) is -2.06. The lowest BCUT2D eigenvalue weighted by Gasteiger charge is -2.11. The summed E-state index contributed by atoms with van der Waals surface area (Å²) in [6, 6.07) is 0. The predicted octanol–water partition coefficient (Wildman–Crippen LogP) is 1.28. The number of methoxy groups -OCH3 is 1. The molecule has 1 aromatic heterocycles. The summed E-state index contributed by atoms with van der Waals surface area (Å²) >= 11 is 1.57. The maximum Gasteiger partial charge on any atom is 0.284 e. The number of aromatic nitrogens is 1. The molecule has 0 aromatic carbocycles. The number of alkyl halides is 2. The quantitative estimate of drug-likeness (QED) is 0.820. The minimum absolute atomic E-state index is 0.00657. The lowest BCUT2D eigenvalue weighted by molar-refractivity contribution is 0.141. The van der Waals surface area contributed by atoms with Gasteiger partial charge in [-0.15, -0.1) is 0 Å². The second-order valence-corrected chi connectivity index (χ2v) is 5.31. The van der Waals surface area contributed by atoms with Crippen LogP contribution in [0, 0.1) is 3.57 Å². The molecule has 0 aliphatic rings. The summed E-state index contributed by atoms with van der Waals surface area (Å²) in [5.74, 6) is -0.276. The molecule has 16 heavy (non-hydrogen) atoms. The van der Waals surface area contributed by atoms with Gasteiger partial charge < -0.3 is 4.74 Å². The Balaban J connectivity index is 3.53. The molecule has 1 aromatic rings. The van der Waals surface area contributed by atoms with Crippen LogP contribution in [-0.4, -0.2) is 20.5 Å². The second kappa shape index (κ2) is 4.75. The predicted molar refractivity (Wildman–Crippen MR) is 59.8 cm³/mol. The molecule has 0 radical (unpaired) electrons. The van der Waals surface area contributed by atoms with Gasteiger partial charge in [0.2, 0.25) is 10.0 Å². The van der Waals surface area contributed by atoms with Crippen molar-refractivity contribution in [3.8, 4) is 5.75 Å². The van der Waals surface area contributed by atoms with E-state index in [0.717, 1.165) is 13.3 Å². The summed E-state index contributed by atoms with van der Waals surface area (Å²) < 4.78 is 51.9. The summed E-state index contributed by atoms with van der Waals surface area (Å²) in [7, 11) is -2.85. The van der Waals surface area contributed by atoms with Crippen LogP contribution in [0.1, 0.15) is 12.1 Å². The lowest BCUT2D eigenvalue weighted by Crippen LogP contribution is -2.15. The van der Waals surface area contributed by atoms with Gasteiger partial charge in [0.25, 0.3) is 6.43 Å². The van der Waals surface area contributed by atoms with Gasteiger partial charge in [-0.25, -0.2) is 27.3 Å². The lowest BCUT2D eigenvalue weighted by atomic mass is 10.3. The molecular formula is C7H7F2IN2O3S. The number of sulfonamides is 1. The SMILES string of the molecule is COc1c(C(F)F)ncc(S(N)(=O)=O)c1I. The smallest absolute Gasteiger partial charge is 0.284 e. The number of rotatable bonds is 3. The first-order valence-electron chi connectivity index (χ1n) is 3.82. The first-order valence-corrected chi connectivity index (χ1v) is 6.45. The summed E-state index contributed by atoms with van der Waals surface area (Å²) in [5, 5.41) is 4.89. The highest BCUT2D eigenvalue weighted by atomic mass is 127. The second-order valence-electron chi connectivity index (χ2n) is 2.70. The van der Waals surface area contributed by atoms with E-state index in [0.29, 0.717) is 0 Å². The third-order valence-corrected chi connectivity index (χ3v) is 4.05. The normalized spacial score (nSPS) is 11.9. The van der Waals surface area contributed by atoms with Gasteiger partial charge in [-0.3, -0.25) is 0 Å². The molecule has 0 atom stereocenters. The average molecular weight is 364 g/mol. The van der Waals surface area contributed by atoms with E-state index >= 15 is 0 Å². The summed E-state index contributed by atoms with van der Waals surface area (Å²) in [6.45, 7) is 0. The molecule has 9 heteroatoms. The summed E-state index contributed by atoms with van der Waals surface area (Å²) in [4.78, 5) is 3.00. The Labute approximate surface area is 104 Å². The van der Waals surface area contributed by atoms with Gasteiger partial charge in [-0.2, -0.15) is 0 Å². The minimum Gasteiger partial charge on any atom is -0.493 e. The Bertz CT molecular complexity index is 507. The fraction of sp³-hybridized carbons (Fsp3) is 0.286. The maximum absolute atomic E-state index is 12.5. The van der Waals surface area contributed by atoms with Gasteiger partial charge >= 0.3 is 0 Å². The standard InChI is InChI=1S/C7H7F2IN2O3S/c1-15-6-4(10)3(16(11,13)14)2-12-5(6)7(8)9/h2,7H,1H3,(H2,11,13,14). The van der Waals surface area contributed by atoms with Crippen molar-refractivity contribution in [3.05, 3.63) is 15.5 Å². The van der Waals surface area contributed by atoms with Crippen LogP contribution in [0.3, 0.4) is 0 Å². The van der Waals surface area contributed by atoms with Crippen LogP contribution < -0.4 is 9.88 Å². The van der Waals surface area contributed by atoms with Crippen molar-refractivity contribution in [2.24, 2.45) is 5.14 Å². The number of hydrogen-bond donors (Lipinski definition) is 1. The van der Waals surface area contributed by atoms with E-state index in [4.69, 9.17) is 9.88 Å². The van der Waals surface area contributed by atoms with Gasteiger partial charge in [-0.05, 0) is 22.6 Å². The molecule has 0 amide bonds. The van der Waals surface area contributed by atoms with Gasteiger partial charge in [0.05, 0.1) is 10.7 Å². The Morgan fingerprint density at radius 3 is 2.50 bits per heavy atom. The van der Waals surface area contributed by atoms with Crippen LogP contribution in [0.2, 0.25) is 0 Å². The molecular weight excluding hydrogens is 357 g/mol. The third-order valence-electron chi connectivity index (χ3n) is 1.69. The molecule has 0 aliphatic carbocycles. The summed E-state index contributed by atoms with van der Waals surface area (Å²) in [5.41, 5.74) is -0.612. The highest BCUT2D eigenvalue weighted by molar-refractivity contribution is 14.1. The number of halogens is 3. The van der Waals surface area contributed by atoms with Crippen LogP contribution >= 0.6 is 22.6 Å².